The summed E-state index contributed by atoms with van der Waals surface area (Å²) in [5, 5.41) is 6.50. The van der Waals surface area contributed by atoms with E-state index in [1.165, 1.54) is 34.7 Å². The van der Waals surface area contributed by atoms with Crippen molar-refractivity contribution in [2.75, 3.05) is 7.11 Å². The molecule has 1 heterocycles. The normalized spacial score (nSPS) is 21.0. The Bertz CT molecular complexity index is 1020. The van der Waals surface area contributed by atoms with Crippen molar-refractivity contribution in [2.45, 2.75) is 56.7 Å². The van der Waals surface area contributed by atoms with E-state index < -0.39 is 0 Å². The number of nitrogens with one attached hydrogen (secondary N) is 1. The van der Waals surface area contributed by atoms with Crippen LogP contribution in [-0.4, -0.2) is 12.7 Å². The van der Waals surface area contributed by atoms with Gasteiger partial charge < -0.3 is 14.8 Å². The van der Waals surface area contributed by atoms with Gasteiger partial charge in [0.15, 0.2) is 11.5 Å². The van der Waals surface area contributed by atoms with Gasteiger partial charge in [-0.2, -0.15) is 0 Å². The van der Waals surface area contributed by atoms with Crippen molar-refractivity contribution in [1.29, 1.82) is 0 Å². The molecule has 3 aromatic rings. The summed E-state index contributed by atoms with van der Waals surface area (Å²) in [6, 6.07) is 22.1. The smallest absolute Gasteiger partial charge is 0.166 e. The predicted molar refractivity (Wildman–Crippen MR) is 118 cm³/mol. The number of hydrogen-bond acceptors (Lipinski definition) is 3. The summed E-state index contributed by atoms with van der Waals surface area (Å²) in [5.74, 6) is 1.78. The van der Waals surface area contributed by atoms with E-state index in [9.17, 15) is 0 Å². The number of hydrogen-bond donors (Lipinski definition) is 1. The minimum Gasteiger partial charge on any atom is -0.493 e. The molecule has 1 saturated carbocycles. The molecule has 0 bridgehead atoms. The number of ether oxygens (including phenoxy) is 2. The fourth-order valence-electron chi connectivity index (χ4n) is 5.17. The Morgan fingerprint density at radius 1 is 1.00 bits per heavy atom. The number of methoxy groups -OCH3 is 1. The summed E-state index contributed by atoms with van der Waals surface area (Å²) < 4.78 is 12.3. The van der Waals surface area contributed by atoms with Crippen molar-refractivity contribution in [3.8, 4) is 11.5 Å². The lowest BCUT2D eigenvalue weighted by atomic mass is 9.85. The van der Waals surface area contributed by atoms with Gasteiger partial charge in [-0.15, -0.1) is 0 Å². The van der Waals surface area contributed by atoms with Crippen LogP contribution >= 0.6 is 0 Å². The third kappa shape index (κ3) is 3.38. The Labute approximate surface area is 173 Å². The van der Waals surface area contributed by atoms with E-state index >= 15 is 0 Å². The van der Waals surface area contributed by atoms with Crippen molar-refractivity contribution in [3.05, 3.63) is 71.8 Å². The van der Waals surface area contributed by atoms with Crippen molar-refractivity contribution in [3.63, 3.8) is 0 Å². The Morgan fingerprint density at radius 3 is 2.59 bits per heavy atom. The number of benzene rings is 3. The van der Waals surface area contributed by atoms with Crippen LogP contribution in [0.3, 0.4) is 0 Å². The monoisotopic (exact) mass is 387 g/mol. The van der Waals surface area contributed by atoms with Gasteiger partial charge in [-0.1, -0.05) is 48.5 Å². The van der Waals surface area contributed by atoms with Crippen LogP contribution < -0.4 is 14.8 Å². The van der Waals surface area contributed by atoms with Crippen molar-refractivity contribution in [1.82, 2.24) is 5.32 Å². The molecule has 3 nitrogen and oxygen atoms in total. The summed E-state index contributed by atoms with van der Waals surface area (Å²) in [6.07, 6.45) is 5.78. The average molecular weight is 388 g/mol. The van der Waals surface area contributed by atoms with Gasteiger partial charge in [0.2, 0.25) is 0 Å². The second kappa shape index (κ2) is 7.38. The van der Waals surface area contributed by atoms with Crippen LogP contribution in [0.1, 0.15) is 62.2 Å². The third-order valence-electron chi connectivity index (χ3n) is 6.74. The van der Waals surface area contributed by atoms with E-state index in [1.807, 2.05) is 6.07 Å². The second-order valence-electron chi connectivity index (χ2n) is 8.62. The molecule has 0 amide bonds. The summed E-state index contributed by atoms with van der Waals surface area (Å²) in [4.78, 5) is 0. The number of para-hydroxylation sites is 1. The fourth-order valence-corrected chi connectivity index (χ4v) is 5.17. The number of fused-ring (bicyclic) bond motifs is 2. The highest BCUT2D eigenvalue weighted by molar-refractivity contribution is 5.83. The largest absolute Gasteiger partial charge is 0.493 e. The molecule has 2 unspecified atom stereocenters. The van der Waals surface area contributed by atoms with Crippen molar-refractivity contribution in [2.24, 2.45) is 0 Å². The minimum atomic E-state index is -0.0532. The van der Waals surface area contributed by atoms with E-state index in [2.05, 4.69) is 66.8 Å². The molecule has 1 fully saturated rings. The Kier molecular flexibility index (Phi) is 4.71. The van der Waals surface area contributed by atoms with Crippen molar-refractivity contribution >= 4 is 10.8 Å². The van der Waals surface area contributed by atoms with Crippen LogP contribution in [0.4, 0.5) is 0 Å². The summed E-state index contributed by atoms with van der Waals surface area (Å²) in [6.45, 7) is 2.26. The predicted octanol–water partition coefficient (Wildman–Crippen LogP) is 6.34. The van der Waals surface area contributed by atoms with Gasteiger partial charge in [0.1, 0.15) is 5.60 Å². The maximum absolute atomic E-state index is 6.61. The molecule has 5 rings (SSSR count). The highest BCUT2D eigenvalue weighted by Gasteiger charge is 2.44. The molecule has 0 radical (unpaired) electrons. The summed E-state index contributed by atoms with van der Waals surface area (Å²) in [7, 11) is 1.73. The molecule has 1 aliphatic carbocycles. The van der Waals surface area contributed by atoms with E-state index in [1.54, 1.807) is 7.11 Å². The molecule has 2 atom stereocenters. The van der Waals surface area contributed by atoms with Crippen LogP contribution in [0, 0.1) is 0 Å². The highest BCUT2D eigenvalue weighted by atomic mass is 16.5. The zero-order chi connectivity index (χ0) is 19.8. The first-order valence-corrected chi connectivity index (χ1v) is 10.8. The van der Waals surface area contributed by atoms with E-state index in [0.29, 0.717) is 0 Å². The van der Waals surface area contributed by atoms with E-state index in [4.69, 9.17) is 9.47 Å². The molecule has 3 heteroatoms. The topological polar surface area (TPSA) is 30.5 Å². The maximum Gasteiger partial charge on any atom is 0.166 e. The lowest BCUT2D eigenvalue weighted by Crippen LogP contribution is -2.42. The van der Waals surface area contributed by atoms with Gasteiger partial charge in [-0.25, -0.2) is 0 Å². The number of rotatable bonds is 4. The molecule has 1 N–H and O–H groups in total. The van der Waals surface area contributed by atoms with Gasteiger partial charge in [0.25, 0.3) is 0 Å². The third-order valence-corrected chi connectivity index (χ3v) is 6.74. The fraction of sp³-hybridized carbons (Fsp3) is 0.385. The van der Waals surface area contributed by atoms with Gasteiger partial charge in [-0.05, 0) is 61.1 Å². The molecule has 3 aromatic carbocycles. The summed E-state index contributed by atoms with van der Waals surface area (Å²) >= 11 is 0. The van der Waals surface area contributed by atoms with Crippen LogP contribution in [0.5, 0.6) is 11.5 Å². The van der Waals surface area contributed by atoms with Crippen LogP contribution in [0.2, 0.25) is 0 Å². The standard InChI is InChI=1S/C26H29NO2/c1-18(20-13-12-19-8-3-4-9-21(19)16-20)27-23-17-26(14-5-6-15-26)29-25-22(23)10-7-11-24(25)28-2/h3-4,7-13,16,18,23,27H,5-6,14-15,17H2,1-2H3. The second-order valence-corrected chi connectivity index (χ2v) is 8.62. The van der Waals surface area contributed by atoms with Crippen LogP contribution in [0.15, 0.2) is 60.7 Å². The minimum absolute atomic E-state index is 0.0532. The van der Waals surface area contributed by atoms with E-state index in [-0.39, 0.29) is 17.7 Å². The average Bonchev–Trinajstić information content (AvgIpc) is 3.20. The Hall–Kier alpha value is -2.52. The SMILES string of the molecule is COc1cccc2c1OC1(CCCC1)CC2NC(C)c1ccc2ccccc2c1. The van der Waals surface area contributed by atoms with Crippen LogP contribution in [0.25, 0.3) is 10.8 Å². The quantitative estimate of drug-likeness (QED) is 0.567. The molecule has 29 heavy (non-hydrogen) atoms. The van der Waals surface area contributed by atoms with Gasteiger partial charge in [0, 0.05) is 24.1 Å². The first kappa shape index (κ1) is 18.5. The van der Waals surface area contributed by atoms with Gasteiger partial charge in [-0.3, -0.25) is 0 Å². The van der Waals surface area contributed by atoms with Crippen LogP contribution in [-0.2, 0) is 0 Å². The highest BCUT2D eigenvalue weighted by Crippen LogP contribution is 2.50. The molecule has 0 aromatic heterocycles. The molecule has 150 valence electrons. The molecule has 1 spiro atoms. The first-order chi connectivity index (χ1) is 14.2. The lowest BCUT2D eigenvalue weighted by Gasteiger charge is -2.41. The molecule has 0 saturated heterocycles. The molecular weight excluding hydrogens is 358 g/mol. The van der Waals surface area contributed by atoms with Crippen molar-refractivity contribution < 1.29 is 9.47 Å². The maximum atomic E-state index is 6.61. The molecule has 2 aliphatic rings. The van der Waals surface area contributed by atoms with E-state index in [0.717, 1.165) is 30.8 Å². The zero-order valence-electron chi connectivity index (χ0n) is 17.3. The zero-order valence-corrected chi connectivity index (χ0v) is 17.3. The first-order valence-electron chi connectivity index (χ1n) is 10.8. The lowest BCUT2D eigenvalue weighted by molar-refractivity contribution is 0.0321. The van der Waals surface area contributed by atoms with Gasteiger partial charge in [0.05, 0.1) is 7.11 Å². The molecular formula is C26H29NO2. The Morgan fingerprint density at radius 2 is 1.79 bits per heavy atom. The Balaban J connectivity index is 1.47. The molecule has 1 aliphatic heterocycles. The van der Waals surface area contributed by atoms with Gasteiger partial charge >= 0.3 is 0 Å². The summed E-state index contributed by atoms with van der Waals surface area (Å²) in [5.41, 5.74) is 2.48.